The Balaban J connectivity index is 1.46. The number of carboxylic acid groups (broad SMARTS) is 2. The molecule has 0 atom stereocenters. The molecule has 11 heteroatoms. The van der Waals surface area contributed by atoms with Crippen molar-refractivity contribution in [3.8, 4) is 11.1 Å². The van der Waals surface area contributed by atoms with Gasteiger partial charge in [-0.15, -0.1) is 0 Å². The lowest BCUT2D eigenvalue weighted by Crippen LogP contribution is -2.45. The SMILES string of the molecule is Cc1c(CC(=O)OCCC(C(=O)O)(C(=O)O)c2ccccc2)cccc1NC(=O)c1ccccc1-c1ccc(C(F)(F)F)cc1. The number of hydrogen-bond donors (Lipinski definition) is 3. The maximum atomic E-state index is 13.3. The summed E-state index contributed by atoms with van der Waals surface area (Å²) in [5, 5.41) is 22.4. The van der Waals surface area contributed by atoms with Crippen LogP contribution in [0.15, 0.2) is 97.1 Å². The lowest BCUT2D eigenvalue weighted by atomic mass is 9.78. The molecule has 0 saturated carbocycles. The van der Waals surface area contributed by atoms with Crippen molar-refractivity contribution in [3.05, 3.63) is 125 Å². The summed E-state index contributed by atoms with van der Waals surface area (Å²) >= 11 is 0. The first-order valence-electron chi connectivity index (χ1n) is 13.7. The van der Waals surface area contributed by atoms with Crippen LogP contribution in [0, 0.1) is 6.92 Å². The Morgan fingerprint density at radius 1 is 0.756 bits per heavy atom. The predicted octanol–water partition coefficient (Wildman–Crippen LogP) is 6.52. The van der Waals surface area contributed by atoms with E-state index in [9.17, 15) is 42.6 Å². The third kappa shape index (κ3) is 7.20. The normalized spacial score (nSPS) is 11.5. The molecule has 0 aliphatic rings. The van der Waals surface area contributed by atoms with Gasteiger partial charge in [0.15, 0.2) is 5.41 Å². The minimum Gasteiger partial charge on any atom is -0.480 e. The second-order valence-electron chi connectivity index (χ2n) is 10.2. The molecule has 0 aliphatic carbocycles. The molecule has 4 rings (SSSR count). The number of amides is 1. The molecule has 232 valence electrons. The van der Waals surface area contributed by atoms with Crippen LogP contribution in [-0.2, 0) is 37.1 Å². The molecule has 0 radical (unpaired) electrons. The molecule has 0 spiro atoms. The van der Waals surface area contributed by atoms with Gasteiger partial charge in [-0.3, -0.25) is 19.2 Å². The lowest BCUT2D eigenvalue weighted by molar-refractivity contribution is -0.160. The van der Waals surface area contributed by atoms with Crippen LogP contribution < -0.4 is 5.32 Å². The Kier molecular flexibility index (Phi) is 9.71. The summed E-state index contributed by atoms with van der Waals surface area (Å²) < 4.78 is 44.3. The summed E-state index contributed by atoms with van der Waals surface area (Å²) in [5.41, 5.74) is -0.576. The van der Waals surface area contributed by atoms with Gasteiger partial charge in [-0.2, -0.15) is 13.2 Å². The third-order valence-corrected chi connectivity index (χ3v) is 7.46. The smallest absolute Gasteiger partial charge is 0.416 e. The van der Waals surface area contributed by atoms with E-state index in [1.165, 1.54) is 36.4 Å². The number of carbonyl (C=O) groups excluding carboxylic acids is 2. The summed E-state index contributed by atoms with van der Waals surface area (Å²) in [6, 6.07) is 23.2. The van der Waals surface area contributed by atoms with Gasteiger partial charge in [-0.25, -0.2) is 0 Å². The fourth-order valence-corrected chi connectivity index (χ4v) is 4.92. The first-order chi connectivity index (χ1) is 21.3. The number of benzene rings is 4. The number of aliphatic carboxylic acids is 2. The van der Waals surface area contributed by atoms with Crippen molar-refractivity contribution in [2.24, 2.45) is 0 Å². The van der Waals surface area contributed by atoms with Crippen molar-refractivity contribution in [1.82, 2.24) is 0 Å². The molecule has 0 fully saturated rings. The zero-order chi connectivity index (χ0) is 32.8. The van der Waals surface area contributed by atoms with Crippen LogP contribution in [-0.4, -0.2) is 40.6 Å². The first kappa shape index (κ1) is 32.5. The number of ether oxygens (including phenoxy) is 1. The van der Waals surface area contributed by atoms with E-state index < -0.39 is 54.0 Å². The number of esters is 1. The second kappa shape index (κ2) is 13.5. The van der Waals surface area contributed by atoms with E-state index in [0.29, 0.717) is 27.9 Å². The molecule has 45 heavy (non-hydrogen) atoms. The topological polar surface area (TPSA) is 130 Å². The van der Waals surface area contributed by atoms with Crippen LogP contribution in [0.1, 0.15) is 39.0 Å². The number of halogens is 3. The van der Waals surface area contributed by atoms with Gasteiger partial charge in [0.1, 0.15) is 0 Å². The van der Waals surface area contributed by atoms with E-state index in [1.54, 1.807) is 55.5 Å². The highest BCUT2D eigenvalue weighted by Gasteiger charge is 2.48. The van der Waals surface area contributed by atoms with Gasteiger partial charge >= 0.3 is 24.1 Å². The van der Waals surface area contributed by atoms with Gasteiger partial charge < -0.3 is 20.3 Å². The van der Waals surface area contributed by atoms with Gasteiger partial charge in [0.25, 0.3) is 5.91 Å². The Morgan fingerprint density at radius 2 is 1.38 bits per heavy atom. The fraction of sp³-hybridized carbons (Fsp3) is 0.176. The van der Waals surface area contributed by atoms with Crippen LogP contribution in [0.3, 0.4) is 0 Å². The Hall–Kier alpha value is -5.45. The monoisotopic (exact) mass is 619 g/mol. The molecule has 0 saturated heterocycles. The van der Waals surface area contributed by atoms with Crippen LogP contribution in [0.2, 0.25) is 0 Å². The zero-order valence-corrected chi connectivity index (χ0v) is 23.9. The van der Waals surface area contributed by atoms with Crippen molar-refractivity contribution in [1.29, 1.82) is 0 Å². The Bertz CT molecular complexity index is 1700. The number of carboxylic acids is 2. The van der Waals surface area contributed by atoms with Crippen LogP contribution in [0.25, 0.3) is 11.1 Å². The molecular formula is C34H28F3NO7. The van der Waals surface area contributed by atoms with Crippen molar-refractivity contribution in [3.63, 3.8) is 0 Å². The molecule has 0 bridgehead atoms. The highest BCUT2D eigenvalue weighted by Crippen LogP contribution is 2.33. The third-order valence-electron chi connectivity index (χ3n) is 7.46. The number of nitrogens with one attached hydrogen (secondary N) is 1. The average molecular weight is 620 g/mol. The number of rotatable bonds is 11. The highest BCUT2D eigenvalue weighted by atomic mass is 19.4. The molecule has 4 aromatic rings. The highest BCUT2D eigenvalue weighted by molar-refractivity contribution is 6.09. The summed E-state index contributed by atoms with van der Waals surface area (Å²) in [4.78, 5) is 50.1. The van der Waals surface area contributed by atoms with E-state index in [4.69, 9.17) is 4.74 Å². The fourth-order valence-electron chi connectivity index (χ4n) is 4.92. The maximum Gasteiger partial charge on any atom is 0.416 e. The van der Waals surface area contributed by atoms with Crippen molar-refractivity contribution in [2.45, 2.75) is 31.4 Å². The number of anilines is 1. The van der Waals surface area contributed by atoms with Crippen LogP contribution >= 0.6 is 0 Å². The lowest BCUT2D eigenvalue weighted by Gasteiger charge is -2.25. The summed E-state index contributed by atoms with van der Waals surface area (Å²) in [6.07, 6.45) is -5.23. The van der Waals surface area contributed by atoms with Crippen LogP contribution in [0.5, 0.6) is 0 Å². The molecule has 1 amide bonds. The van der Waals surface area contributed by atoms with Crippen molar-refractivity contribution < 1.29 is 47.3 Å². The largest absolute Gasteiger partial charge is 0.480 e. The van der Waals surface area contributed by atoms with Gasteiger partial charge in [0.2, 0.25) is 0 Å². The van der Waals surface area contributed by atoms with Gasteiger partial charge in [-0.1, -0.05) is 72.8 Å². The molecule has 0 unspecified atom stereocenters. The molecule has 3 N–H and O–H groups in total. The van der Waals surface area contributed by atoms with Gasteiger partial charge in [0, 0.05) is 17.7 Å². The van der Waals surface area contributed by atoms with Gasteiger partial charge in [-0.05, 0) is 59.0 Å². The van der Waals surface area contributed by atoms with E-state index >= 15 is 0 Å². The van der Waals surface area contributed by atoms with Crippen LogP contribution in [0.4, 0.5) is 18.9 Å². The number of carbonyl (C=O) groups is 4. The average Bonchev–Trinajstić information content (AvgIpc) is 3.01. The predicted molar refractivity (Wildman–Crippen MR) is 159 cm³/mol. The van der Waals surface area contributed by atoms with E-state index in [0.717, 1.165) is 12.1 Å². The first-order valence-corrected chi connectivity index (χ1v) is 13.7. The number of alkyl halides is 3. The van der Waals surface area contributed by atoms with Gasteiger partial charge in [0.05, 0.1) is 18.6 Å². The summed E-state index contributed by atoms with van der Waals surface area (Å²) in [7, 11) is 0. The second-order valence-corrected chi connectivity index (χ2v) is 10.2. The molecule has 0 aliphatic heterocycles. The maximum absolute atomic E-state index is 13.3. The summed E-state index contributed by atoms with van der Waals surface area (Å²) in [6.45, 7) is 1.21. The summed E-state index contributed by atoms with van der Waals surface area (Å²) in [5.74, 6) is -4.42. The molecule has 0 aromatic heterocycles. The quantitative estimate of drug-likeness (QED) is 0.129. The van der Waals surface area contributed by atoms with Crippen molar-refractivity contribution >= 4 is 29.5 Å². The van der Waals surface area contributed by atoms with E-state index in [2.05, 4.69) is 5.32 Å². The van der Waals surface area contributed by atoms with E-state index in [-0.39, 0.29) is 17.5 Å². The van der Waals surface area contributed by atoms with Crippen molar-refractivity contribution in [2.75, 3.05) is 11.9 Å². The molecule has 0 heterocycles. The zero-order valence-electron chi connectivity index (χ0n) is 23.9. The van der Waals surface area contributed by atoms with E-state index in [1.807, 2.05) is 0 Å². The Labute approximate surface area is 256 Å². The minimum atomic E-state index is -4.49. The molecule has 4 aromatic carbocycles. The standard InChI is InChI=1S/C34H28F3NO7/c1-21-23(20-29(39)45-19-18-33(31(41)42,32(43)44)24-9-3-2-4-10-24)8-7-13-28(21)38-30(40)27-12-6-5-11-26(27)22-14-16-25(17-15-22)34(35,36)37/h2-17H,18-20H2,1H3,(H,38,40)(H,41,42)(H,43,44). The minimum absolute atomic E-state index is 0.0419. The molecule has 8 nitrogen and oxygen atoms in total. The number of hydrogen-bond acceptors (Lipinski definition) is 5. The Morgan fingerprint density at radius 3 is 2.00 bits per heavy atom. The molecular weight excluding hydrogens is 591 g/mol.